The summed E-state index contributed by atoms with van der Waals surface area (Å²) in [4.78, 5) is 13.1. The lowest BCUT2D eigenvalue weighted by Gasteiger charge is -2.30. The number of carbonyl (C=O) groups excluding carboxylic acids is 1. The van der Waals surface area contributed by atoms with Crippen LogP contribution in [0.2, 0.25) is 0 Å². The fourth-order valence-electron chi connectivity index (χ4n) is 4.15. The Morgan fingerprint density at radius 2 is 1.76 bits per heavy atom. The summed E-state index contributed by atoms with van der Waals surface area (Å²) in [5, 5.41) is 33.7. The van der Waals surface area contributed by atoms with Gasteiger partial charge in [-0.3, -0.25) is 4.79 Å². The van der Waals surface area contributed by atoms with Crippen LogP contribution in [0.25, 0.3) is 0 Å². The Kier molecular flexibility index (Phi) is 11.1. The molecular formula is C31H36N2O7S. The Balaban J connectivity index is 1.96. The number of hydrogen-bond acceptors (Lipinski definition) is 7. The molecule has 41 heavy (non-hydrogen) atoms. The number of nitrogens with one attached hydrogen (secondary N) is 1. The first-order valence-electron chi connectivity index (χ1n) is 13.0. The minimum absolute atomic E-state index is 0.00121. The molecule has 3 rings (SSSR count). The summed E-state index contributed by atoms with van der Waals surface area (Å²) in [5.41, 5.74) is 1.62. The number of sulfonamides is 1. The summed E-state index contributed by atoms with van der Waals surface area (Å²) < 4.78 is 34.0. The van der Waals surface area contributed by atoms with Crippen LogP contribution in [0.5, 0.6) is 17.2 Å². The van der Waals surface area contributed by atoms with Crippen LogP contribution in [-0.2, 0) is 16.4 Å². The van der Waals surface area contributed by atoms with Crippen LogP contribution in [0.4, 0.5) is 0 Å². The molecule has 0 aromatic heterocycles. The van der Waals surface area contributed by atoms with E-state index in [-0.39, 0.29) is 35.7 Å². The highest BCUT2D eigenvalue weighted by Gasteiger charge is 2.31. The van der Waals surface area contributed by atoms with Crippen LogP contribution in [0, 0.1) is 0 Å². The lowest BCUT2D eigenvalue weighted by atomic mass is 10.00. The zero-order valence-corrected chi connectivity index (χ0v) is 24.1. The van der Waals surface area contributed by atoms with Gasteiger partial charge in [0.1, 0.15) is 5.75 Å². The predicted octanol–water partition coefficient (Wildman–Crippen LogP) is 4.02. The van der Waals surface area contributed by atoms with E-state index in [1.807, 2.05) is 43.3 Å². The number of carbonyl (C=O) groups is 1. The molecule has 4 N–H and O–H groups in total. The normalized spacial score (nSPS) is 13.7. The molecule has 0 aliphatic heterocycles. The van der Waals surface area contributed by atoms with E-state index in [4.69, 9.17) is 4.74 Å². The van der Waals surface area contributed by atoms with Crippen molar-refractivity contribution in [3.63, 3.8) is 0 Å². The fraction of sp³-hybridized carbons (Fsp3) is 0.258. The van der Waals surface area contributed by atoms with Crippen molar-refractivity contribution in [1.29, 1.82) is 0 Å². The number of amides is 1. The molecule has 10 heteroatoms. The second-order valence-electron chi connectivity index (χ2n) is 9.56. The molecule has 0 bridgehead atoms. The van der Waals surface area contributed by atoms with Crippen LogP contribution >= 0.6 is 0 Å². The molecule has 2 atom stereocenters. The molecule has 2 unspecified atom stereocenters. The Bertz CT molecular complexity index is 1490. The fourth-order valence-corrected chi connectivity index (χ4v) is 5.69. The number of benzene rings is 3. The summed E-state index contributed by atoms with van der Waals surface area (Å²) >= 11 is 0. The van der Waals surface area contributed by atoms with Gasteiger partial charge in [0.05, 0.1) is 24.2 Å². The largest absolute Gasteiger partial charge is 0.504 e. The maximum atomic E-state index is 13.8. The zero-order chi connectivity index (χ0) is 30.0. The average molecular weight is 581 g/mol. The number of phenols is 2. The second-order valence-corrected chi connectivity index (χ2v) is 11.5. The van der Waals surface area contributed by atoms with Gasteiger partial charge in [0.2, 0.25) is 10.0 Å². The summed E-state index contributed by atoms with van der Waals surface area (Å²) in [6.45, 7) is 3.32. The Morgan fingerprint density at radius 1 is 1.02 bits per heavy atom. The number of rotatable bonds is 13. The number of ether oxygens (including phenoxy) is 1. The second kappa shape index (κ2) is 14.5. The molecule has 9 nitrogen and oxygen atoms in total. The van der Waals surface area contributed by atoms with Gasteiger partial charge in [-0.25, -0.2) is 8.42 Å². The molecule has 218 valence electrons. The molecule has 0 spiro atoms. The number of methoxy groups -OCH3 is 1. The third-order valence-corrected chi connectivity index (χ3v) is 8.19. The number of nitrogens with zero attached hydrogens (tertiary/aromatic N) is 1. The molecule has 0 radical (unpaired) electrons. The van der Waals surface area contributed by atoms with E-state index in [9.17, 15) is 28.5 Å². The Labute approximate surface area is 241 Å². The predicted molar refractivity (Wildman–Crippen MR) is 158 cm³/mol. The SMILES string of the molecule is C/C=C\C=C(/C)CN(CC(O)C(Cc1ccccc1)NC(=O)c1ccc(O)c(O)c1)S(=O)(=O)c1cccc(OC)c1. The number of aliphatic hydroxyl groups excluding tert-OH is 1. The van der Waals surface area contributed by atoms with Crippen molar-refractivity contribution in [3.05, 3.63) is 108 Å². The first kappa shape index (κ1) is 31.4. The molecule has 3 aromatic carbocycles. The highest BCUT2D eigenvalue weighted by Crippen LogP contribution is 2.26. The van der Waals surface area contributed by atoms with Gasteiger partial charge in [-0.2, -0.15) is 4.31 Å². The Morgan fingerprint density at radius 3 is 2.41 bits per heavy atom. The summed E-state index contributed by atoms with van der Waals surface area (Å²) in [5.74, 6) is -1.07. The van der Waals surface area contributed by atoms with Gasteiger partial charge in [0.15, 0.2) is 11.5 Å². The first-order chi connectivity index (χ1) is 19.5. The van der Waals surface area contributed by atoms with Gasteiger partial charge < -0.3 is 25.4 Å². The standard InChI is InChI=1S/C31H36N2O7S/c1-4-5-10-22(2)20-33(41(38,39)26-14-9-13-25(19-26)40-3)21-30(36)27(17-23-11-7-6-8-12-23)32-31(37)24-15-16-28(34)29(35)18-24/h4-16,18-19,27,30,34-36H,17,20-21H2,1-3H3,(H,32,37)/b5-4-,22-10+. The minimum atomic E-state index is -4.09. The summed E-state index contributed by atoms with van der Waals surface area (Å²) in [6, 6.07) is 18.0. The third kappa shape index (κ3) is 8.68. The number of phenolic OH excluding ortho intramolecular Hbond substituents is 2. The van der Waals surface area contributed by atoms with Gasteiger partial charge in [-0.05, 0) is 56.2 Å². The van der Waals surface area contributed by atoms with E-state index in [1.165, 1.54) is 35.7 Å². The first-order valence-corrected chi connectivity index (χ1v) is 14.5. The number of aliphatic hydroxyl groups is 1. The minimum Gasteiger partial charge on any atom is -0.504 e. The van der Waals surface area contributed by atoms with Crippen molar-refractivity contribution in [2.45, 2.75) is 37.3 Å². The maximum Gasteiger partial charge on any atom is 0.251 e. The molecule has 0 aliphatic carbocycles. The smallest absolute Gasteiger partial charge is 0.251 e. The molecule has 0 saturated carbocycles. The van der Waals surface area contributed by atoms with Crippen molar-refractivity contribution in [2.75, 3.05) is 20.2 Å². The number of hydrogen-bond donors (Lipinski definition) is 4. The highest BCUT2D eigenvalue weighted by molar-refractivity contribution is 7.89. The molecule has 0 fully saturated rings. The van der Waals surface area contributed by atoms with Crippen molar-refractivity contribution in [3.8, 4) is 17.2 Å². The van der Waals surface area contributed by atoms with Crippen LogP contribution < -0.4 is 10.1 Å². The van der Waals surface area contributed by atoms with Gasteiger partial charge in [-0.15, -0.1) is 0 Å². The van der Waals surface area contributed by atoms with Crippen LogP contribution in [-0.4, -0.2) is 66.3 Å². The average Bonchev–Trinajstić information content (AvgIpc) is 2.97. The molecule has 1 amide bonds. The topological polar surface area (TPSA) is 136 Å². The highest BCUT2D eigenvalue weighted by atomic mass is 32.2. The lowest BCUT2D eigenvalue weighted by molar-refractivity contribution is 0.0788. The zero-order valence-electron chi connectivity index (χ0n) is 23.3. The van der Waals surface area contributed by atoms with Crippen molar-refractivity contribution >= 4 is 15.9 Å². The number of allylic oxidation sites excluding steroid dienone is 3. The van der Waals surface area contributed by atoms with E-state index in [1.54, 1.807) is 31.2 Å². The van der Waals surface area contributed by atoms with Crippen molar-refractivity contribution < 1.29 is 33.3 Å². The van der Waals surface area contributed by atoms with Gasteiger partial charge >= 0.3 is 0 Å². The van der Waals surface area contributed by atoms with Gasteiger partial charge in [0.25, 0.3) is 5.91 Å². The quantitative estimate of drug-likeness (QED) is 0.177. The van der Waals surface area contributed by atoms with E-state index in [0.29, 0.717) is 5.75 Å². The van der Waals surface area contributed by atoms with E-state index >= 15 is 0 Å². The maximum absolute atomic E-state index is 13.8. The lowest BCUT2D eigenvalue weighted by Crippen LogP contribution is -2.50. The van der Waals surface area contributed by atoms with Crippen LogP contribution in [0.15, 0.2) is 101 Å². The number of aromatic hydroxyl groups is 2. The monoisotopic (exact) mass is 580 g/mol. The molecule has 0 heterocycles. The van der Waals surface area contributed by atoms with E-state index in [2.05, 4.69) is 5.32 Å². The van der Waals surface area contributed by atoms with Crippen molar-refractivity contribution in [2.24, 2.45) is 0 Å². The van der Waals surface area contributed by atoms with Crippen molar-refractivity contribution in [1.82, 2.24) is 9.62 Å². The molecular weight excluding hydrogens is 544 g/mol. The molecule has 0 aliphatic rings. The Hall–Kier alpha value is -4.12. The molecule has 0 saturated heterocycles. The van der Waals surface area contributed by atoms with Crippen LogP contribution in [0.1, 0.15) is 29.8 Å². The summed E-state index contributed by atoms with van der Waals surface area (Å²) in [7, 11) is -2.65. The van der Waals surface area contributed by atoms with E-state index in [0.717, 1.165) is 17.2 Å². The van der Waals surface area contributed by atoms with Gasteiger partial charge in [-0.1, -0.05) is 60.2 Å². The van der Waals surface area contributed by atoms with Crippen LogP contribution in [0.3, 0.4) is 0 Å². The van der Waals surface area contributed by atoms with E-state index < -0.39 is 33.8 Å². The summed E-state index contributed by atoms with van der Waals surface area (Å²) in [6.07, 6.45) is 4.30. The molecule has 3 aromatic rings. The van der Waals surface area contributed by atoms with Gasteiger partial charge in [0, 0.05) is 24.7 Å². The third-order valence-electron chi connectivity index (χ3n) is 6.39.